The maximum absolute atomic E-state index is 11.4. The molecule has 0 radical (unpaired) electrons. The lowest BCUT2D eigenvalue weighted by atomic mass is 10.2. The first kappa shape index (κ1) is 10.6. The topological polar surface area (TPSA) is 66.8 Å². The molecule has 0 spiro atoms. The van der Waals surface area contributed by atoms with Gasteiger partial charge in [-0.3, -0.25) is 9.59 Å². The summed E-state index contributed by atoms with van der Waals surface area (Å²) in [7, 11) is 0. The van der Waals surface area contributed by atoms with Crippen molar-refractivity contribution in [2.75, 3.05) is 19.7 Å². The molecular formula is C9H13NO4. The number of carboxylic acids is 1. The van der Waals surface area contributed by atoms with Crippen LogP contribution in [0.3, 0.4) is 0 Å². The third-order valence-corrected chi connectivity index (χ3v) is 1.94. The lowest BCUT2D eigenvalue weighted by Crippen LogP contribution is -2.39. The Morgan fingerprint density at radius 1 is 1.50 bits per heavy atom. The Hall–Kier alpha value is -1.52. The van der Waals surface area contributed by atoms with E-state index in [1.807, 2.05) is 0 Å². The van der Waals surface area contributed by atoms with Gasteiger partial charge in [0.15, 0.2) is 0 Å². The first-order valence-corrected chi connectivity index (χ1v) is 4.39. The normalized spacial score (nSPS) is 16.3. The van der Waals surface area contributed by atoms with E-state index in [4.69, 9.17) is 9.84 Å². The summed E-state index contributed by atoms with van der Waals surface area (Å²) < 4.78 is 5.08. The van der Waals surface area contributed by atoms with Gasteiger partial charge in [0, 0.05) is 6.42 Å². The number of hydrogen-bond acceptors (Lipinski definition) is 3. The summed E-state index contributed by atoms with van der Waals surface area (Å²) in [5.74, 6) is -0.554. The molecular weight excluding hydrogens is 186 g/mol. The summed E-state index contributed by atoms with van der Waals surface area (Å²) >= 11 is 0. The number of rotatable bonds is 3. The highest BCUT2D eigenvalue weighted by Crippen LogP contribution is 2.08. The van der Waals surface area contributed by atoms with Crippen molar-refractivity contribution in [3.8, 4) is 0 Å². The summed E-state index contributed by atoms with van der Waals surface area (Å²) in [5.41, 5.74) is 0. The Morgan fingerprint density at radius 3 is 2.79 bits per heavy atom. The molecule has 1 saturated heterocycles. The van der Waals surface area contributed by atoms with Crippen LogP contribution in [-0.2, 0) is 14.3 Å². The van der Waals surface area contributed by atoms with Gasteiger partial charge in [0.25, 0.3) is 0 Å². The average Bonchev–Trinajstić information content (AvgIpc) is 2.14. The van der Waals surface area contributed by atoms with E-state index in [0.29, 0.717) is 25.5 Å². The predicted octanol–water partition coefficient (Wildman–Crippen LogP) is 0.224. The molecule has 0 saturated carbocycles. The second kappa shape index (κ2) is 4.64. The number of carboxylic acid groups (broad SMARTS) is 1. The molecule has 1 aliphatic heterocycles. The van der Waals surface area contributed by atoms with E-state index in [0.717, 1.165) is 0 Å². The van der Waals surface area contributed by atoms with Crippen LogP contribution >= 0.6 is 0 Å². The summed E-state index contributed by atoms with van der Waals surface area (Å²) in [6.07, 6.45) is -0.0781. The van der Waals surface area contributed by atoms with E-state index in [2.05, 4.69) is 6.58 Å². The van der Waals surface area contributed by atoms with E-state index in [-0.39, 0.29) is 18.7 Å². The maximum Gasteiger partial charge on any atom is 0.303 e. The SMILES string of the molecule is C=C1CN(C(=O)CCC(=O)O)CCO1. The Morgan fingerprint density at radius 2 is 2.21 bits per heavy atom. The predicted molar refractivity (Wildman–Crippen MR) is 48.5 cm³/mol. The highest BCUT2D eigenvalue weighted by Gasteiger charge is 2.19. The molecule has 14 heavy (non-hydrogen) atoms. The lowest BCUT2D eigenvalue weighted by Gasteiger charge is -2.28. The van der Waals surface area contributed by atoms with Crippen molar-refractivity contribution in [2.24, 2.45) is 0 Å². The van der Waals surface area contributed by atoms with Gasteiger partial charge in [0.2, 0.25) is 5.91 Å². The molecule has 78 valence electrons. The van der Waals surface area contributed by atoms with E-state index in [1.54, 1.807) is 4.90 Å². The highest BCUT2D eigenvalue weighted by atomic mass is 16.5. The van der Waals surface area contributed by atoms with Gasteiger partial charge in [-0.1, -0.05) is 6.58 Å². The van der Waals surface area contributed by atoms with Gasteiger partial charge in [-0.15, -0.1) is 0 Å². The zero-order valence-electron chi connectivity index (χ0n) is 7.86. The molecule has 1 heterocycles. The van der Waals surface area contributed by atoms with E-state index >= 15 is 0 Å². The zero-order chi connectivity index (χ0) is 10.6. The molecule has 1 aliphatic rings. The lowest BCUT2D eigenvalue weighted by molar-refractivity contribution is -0.141. The van der Waals surface area contributed by atoms with Crippen molar-refractivity contribution in [1.82, 2.24) is 4.90 Å². The minimum atomic E-state index is -0.953. The number of morpholine rings is 1. The van der Waals surface area contributed by atoms with Gasteiger partial charge in [-0.25, -0.2) is 0 Å². The third-order valence-electron chi connectivity index (χ3n) is 1.94. The van der Waals surface area contributed by atoms with Crippen LogP contribution in [0.2, 0.25) is 0 Å². The van der Waals surface area contributed by atoms with Crippen molar-refractivity contribution in [2.45, 2.75) is 12.8 Å². The monoisotopic (exact) mass is 199 g/mol. The van der Waals surface area contributed by atoms with E-state index < -0.39 is 5.97 Å². The molecule has 5 nitrogen and oxygen atoms in total. The van der Waals surface area contributed by atoms with Gasteiger partial charge in [0.1, 0.15) is 12.4 Å². The number of nitrogens with zero attached hydrogens (tertiary/aromatic N) is 1. The molecule has 1 amide bonds. The molecule has 5 heteroatoms. The summed E-state index contributed by atoms with van der Waals surface area (Å²) in [6, 6.07) is 0. The minimum Gasteiger partial charge on any atom is -0.495 e. The average molecular weight is 199 g/mol. The number of carbonyl (C=O) groups excluding carboxylic acids is 1. The fourth-order valence-corrected chi connectivity index (χ4v) is 1.22. The number of amides is 1. The van der Waals surface area contributed by atoms with Crippen LogP contribution in [0.15, 0.2) is 12.3 Å². The zero-order valence-corrected chi connectivity index (χ0v) is 7.86. The van der Waals surface area contributed by atoms with Crippen LogP contribution in [0.25, 0.3) is 0 Å². The Kier molecular flexibility index (Phi) is 3.50. The Labute approximate surface area is 82.0 Å². The number of carbonyl (C=O) groups is 2. The van der Waals surface area contributed by atoms with Crippen molar-refractivity contribution in [3.05, 3.63) is 12.3 Å². The van der Waals surface area contributed by atoms with Crippen molar-refractivity contribution >= 4 is 11.9 Å². The van der Waals surface area contributed by atoms with Crippen LogP contribution in [0, 0.1) is 0 Å². The molecule has 1 N–H and O–H groups in total. The van der Waals surface area contributed by atoms with Crippen LogP contribution in [-0.4, -0.2) is 41.6 Å². The maximum atomic E-state index is 11.4. The van der Waals surface area contributed by atoms with Crippen molar-refractivity contribution in [1.29, 1.82) is 0 Å². The molecule has 1 fully saturated rings. The van der Waals surface area contributed by atoms with Crippen LogP contribution in [0.1, 0.15) is 12.8 Å². The van der Waals surface area contributed by atoms with Crippen LogP contribution < -0.4 is 0 Å². The van der Waals surface area contributed by atoms with Gasteiger partial charge in [-0.05, 0) is 0 Å². The minimum absolute atomic E-state index is 0.0443. The first-order chi connectivity index (χ1) is 6.59. The Balaban J connectivity index is 2.36. The molecule has 0 aromatic heterocycles. The van der Waals surface area contributed by atoms with Gasteiger partial charge >= 0.3 is 5.97 Å². The molecule has 0 atom stereocenters. The number of aliphatic carboxylic acids is 1. The van der Waals surface area contributed by atoms with Crippen molar-refractivity contribution in [3.63, 3.8) is 0 Å². The van der Waals surface area contributed by atoms with Gasteiger partial charge in [0.05, 0.1) is 19.5 Å². The molecule has 0 aromatic carbocycles. The Bertz CT molecular complexity index is 262. The summed E-state index contributed by atoms with van der Waals surface area (Å²) in [6.45, 7) is 4.94. The fourth-order valence-electron chi connectivity index (χ4n) is 1.22. The third kappa shape index (κ3) is 3.08. The smallest absolute Gasteiger partial charge is 0.303 e. The molecule has 1 rings (SSSR count). The largest absolute Gasteiger partial charge is 0.495 e. The number of ether oxygens (including phenoxy) is 1. The summed E-state index contributed by atoms with van der Waals surface area (Å²) in [5, 5.41) is 8.40. The van der Waals surface area contributed by atoms with Crippen LogP contribution in [0.5, 0.6) is 0 Å². The standard InChI is InChI=1S/C9H13NO4/c1-7-6-10(4-5-14-7)8(11)2-3-9(12)13/h1-6H2,(H,12,13). The molecule has 0 bridgehead atoms. The second-order valence-corrected chi connectivity index (χ2v) is 3.10. The van der Waals surface area contributed by atoms with Crippen molar-refractivity contribution < 1.29 is 19.4 Å². The van der Waals surface area contributed by atoms with Gasteiger partial charge in [-0.2, -0.15) is 0 Å². The second-order valence-electron chi connectivity index (χ2n) is 3.10. The quantitative estimate of drug-likeness (QED) is 0.706. The number of hydrogen-bond donors (Lipinski definition) is 1. The summed E-state index contributed by atoms with van der Waals surface area (Å²) in [4.78, 5) is 23.2. The fraction of sp³-hybridized carbons (Fsp3) is 0.556. The van der Waals surface area contributed by atoms with E-state index in [9.17, 15) is 9.59 Å². The van der Waals surface area contributed by atoms with E-state index in [1.165, 1.54) is 0 Å². The van der Waals surface area contributed by atoms with Crippen LogP contribution in [0.4, 0.5) is 0 Å². The molecule has 0 aliphatic carbocycles. The molecule has 0 aromatic rings. The molecule has 0 unspecified atom stereocenters. The first-order valence-electron chi connectivity index (χ1n) is 4.39. The van der Waals surface area contributed by atoms with Gasteiger partial charge < -0.3 is 14.7 Å². The highest BCUT2D eigenvalue weighted by molar-refractivity contribution is 5.80.